The molecule has 0 N–H and O–H groups in total. The van der Waals surface area contributed by atoms with Crippen molar-refractivity contribution < 1.29 is 13.4 Å². The van der Waals surface area contributed by atoms with Gasteiger partial charge in [-0.15, -0.1) is 0 Å². The minimum Gasteiger partial charge on any atom is -0.378 e. The fourth-order valence-electron chi connectivity index (χ4n) is 10.6. The first-order chi connectivity index (χ1) is 22.7. The number of anilines is 1. The van der Waals surface area contributed by atoms with Crippen LogP contribution in [0.2, 0.25) is 0 Å². The maximum absolute atomic E-state index is 16.5. The summed E-state index contributed by atoms with van der Waals surface area (Å²) in [6.45, 7) is 11.5. The van der Waals surface area contributed by atoms with Crippen molar-refractivity contribution in [2.24, 2.45) is 0 Å². The summed E-state index contributed by atoms with van der Waals surface area (Å²) in [7, 11) is 4.23. The maximum atomic E-state index is 16.5. The van der Waals surface area contributed by atoms with Crippen LogP contribution in [0.25, 0.3) is 38.3 Å². The highest BCUT2D eigenvalue weighted by Gasteiger charge is 2.78. The Morgan fingerprint density at radius 3 is 2.34 bits per heavy atom. The molecule has 0 bridgehead atoms. The van der Waals surface area contributed by atoms with Crippen LogP contribution in [0.1, 0.15) is 93.8 Å². The third-order valence-corrected chi connectivity index (χ3v) is 12.5. The van der Waals surface area contributed by atoms with Crippen LogP contribution in [0.4, 0.5) is 10.1 Å². The maximum Gasteiger partial charge on any atom is 0.222 e. The first-order valence-electron chi connectivity index (χ1n) is 17.6. The highest BCUT2D eigenvalue weighted by molar-refractivity contribution is 6.05. The van der Waals surface area contributed by atoms with Crippen molar-refractivity contribution in [2.75, 3.05) is 19.0 Å². The molecule has 9 rings (SSSR count). The largest absolute Gasteiger partial charge is 0.378 e. The highest BCUT2D eigenvalue weighted by atomic mass is 19.1. The van der Waals surface area contributed by atoms with Gasteiger partial charge in [0.2, 0.25) is 22.4 Å². The number of benzene rings is 3. The lowest BCUT2D eigenvalue weighted by Crippen LogP contribution is -2.79. The minimum absolute atomic E-state index is 0.0972. The van der Waals surface area contributed by atoms with Gasteiger partial charge < -0.3 is 4.90 Å². The molecule has 4 heteroatoms. The summed E-state index contributed by atoms with van der Waals surface area (Å²) < 4.78 is 21.6. The number of pyridine rings is 3. The number of fused-ring (bicyclic) bond motifs is 11. The molecule has 2 unspecified atom stereocenters. The number of hydrogen-bond donors (Lipinski definition) is 0. The second-order valence-corrected chi connectivity index (χ2v) is 14.9. The Bertz CT molecular complexity index is 2350. The Hall–Kier alpha value is -4.31. The van der Waals surface area contributed by atoms with E-state index < -0.39 is 5.41 Å². The molecule has 2 aliphatic carbocycles. The van der Waals surface area contributed by atoms with Gasteiger partial charge in [-0.2, -0.15) is 8.97 Å². The van der Waals surface area contributed by atoms with Crippen molar-refractivity contribution in [3.05, 3.63) is 118 Å². The van der Waals surface area contributed by atoms with Crippen LogP contribution in [0.15, 0.2) is 79.1 Å². The van der Waals surface area contributed by atoms with Crippen molar-refractivity contribution in [3.63, 3.8) is 0 Å². The molecule has 3 aromatic carbocycles. The molecule has 0 spiro atoms. The summed E-state index contributed by atoms with van der Waals surface area (Å²) in [5.41, 5.74) is 11.2. The number of aryl methyl sites for hydroxylation is 1. The third kappa shape index (κ3) is 3.09. The number of hydrogen-bond acceptors (Lipinski definition) is 1. The van der Waals surface area contributed by atoms with E-state index in [0.717, 1.165) is 43.2 Å². The molecule has 47 heavy (non-hydrogen) atoms. The van der Waals surface area contributed by atoms with E-state index in [2.05, 4.69) is 136 Å². The minimum atomic E-state index is -0.474. The van der Waals surface area contributed by atoms with Gasteiger partial charge in [-0.05, 0) is 65.6 Å². The van der Waals surface area contributed by atoms with Gasteiger partial charge in [0.1, 0.15) is 11.4 Å². The molecule has 0 saturated heterocycles. The van der Waals surface area contributed by atoms with E-state index in [9.17, 15) is 0 Å². The predicted octanol–water partition coefficient (Wildman–Crippen LogP) is 9.05. The quantitative estimate of drug-likeness (QED) is 0.133. The number of nitrogens with zero attached hydrogens (tertiary/aromatic N) is 3. The number of unbranched alkanes of at least 4 members (excludes halogenated alkanes) is 1. The van der Waals surface area contributed by atoms with Crippen LogP contribution in [-0.2, 0) is 22.8 Å². The summed E-state index contributed by atoms with van der Waals surface area (Å²) in [4.78, 5) is 2.19. The van der Waals surface area contributed by atoms with Gasteiger partial charge in [0.05, 0.1) is 16.3 Å². The smallest absolute Gasteiger partial charge is 0.222 e. The monoisotopic (exact) mass is 621 g/mol. The van der Waals surface area contributed by atoms with Crippen molar-refractivity contribution >= 4 is 32.7 Å². The average molecular weight is 622 g/mol. The molecule has 0 amide bonds. The second kappa shape index (κ2) is 9.40. The zero-order valence-electron chi connectivity index (χ0n) is 28.8. The summed E-state index contributed by atoms with van der Waals surface area (Å²) >= 11 is 0. The molecule has 0 saturated carbocycles. The van der Waals surface area contributed by atoms with Crippen LogP contribution in [0.3, 0.4) is 0 Å². The van der Waals surface area contributed by atoms with E-state index in [1.807, 2.05) is 0 Å². The third-order valence-electron chi connectivity index (χ3n) is 12.5. The summed E-state index contributed by atoms with van der Waals surface area (Å²) in [6.07, 6.45) is 9.86. The predicted molar refractivity (Wildman–Crippen MR) is 190 cm³/mol. The van der Waals surface area contributed by atoms with Crippen molar-refractivity contribution in [1.29, 1.82) is 0 Å². The topological polar surface area (TPSA) is 11.2 Å². The Morgan fingerprint density at radius 2 is 1.60 bits per heavy atom. The number of halogens is 1. The standard InChI is InChI=1S/C43H44FN3/c1-8-11-14-26-16-19-31-35-28(26)22-24-47-39(35)36-32(20-21-33(44)38(36)41(31,4)5)42(9-2)40-37(43(42,47)10-3)29-18-17-27(45(6)7)25-30(29)34-15-12-13-23-46(34)40/h12-13,15-25H,8-11,14H2,1-7H3/q+2. The van der Waals surface area contributed by atoms with Crippen molar-refractivity contribution in [1.82, 2.24) is 0 Å². The summed E-state index contributed by atoms with van der Waals surface area (Å²) in [6, 6.07) is 24.6. The molecule has 6 aromatic rings. The Balaban J connectivity index is 1.53. The average Bonchev–Trinajstić information content (AvgIpc) is 3.07. The molecule has 3 nitrogen and oxygen atoms in total. The van der Waals surface area contributed by atoms with Crippen LogP contribution < -0.4 is 13.9 Å². The second-order valence-electron chi connectivity index (χ2n) is 14.9. The Morgan fingerprint density at radius 1 is 0.787 bits per heavy atom. The van der Waals surface area contributed by atoms with Crippen molar-refractivity contribution in [2.45, 2.75) is 83.1 Å². The molecule has 0 radical (unpaired) electrons. The van der Waals surface area contributed by atoms with Crippen LogP contribution in [0.5, 0.6) is 0 Å². The van der Waals surface area contributed by atoms with Gasteiger partial charge >= 0.3 is 0 Å². The lowest BCUT2D eigenvalue weighted by atomic mass is 9.44. The fourth-order valence-corrected chi connectivity index (χ4v) is 10.6. The van der Waals surface area contributed by atoms with Gasteiger partial charge in [0.15, 0.2) is 17.8 Å². The summed E-state index contributed by atoms with van der Waals surface area (Å²) in [5.74, 6) is -0.0972. The van der Waals surface area contributed by atoms with E-state index in [0.29, 0.717) is 0 Å². The van der Waals surface area contributed by atoms with Gasteiger partial charge in [-0.1, -0.05) is 65.3 Å². The lowest BCUT2D eigenvalue weighted by Gasteiger charge is -2.56. The molecular formula is C43H44FN3+2. The van der Waals surface area contributed by atoms with Gasteiger partial charge in [0, 0.05) is 60.8 Å². The Kier molecular flexibility index (Phi) is 5.78. The normalized spacial score (nSPS) is 21.1. The molecule has 3 aromatic heterocycles. The lowest BCUT2D eigenvalue weighted by molar-refractivity contribution is -0.768. The highest BCUT2D eigenvalue weighted by Crippen LogP contribution is 2.67. The number of aromatic nitrogens is 2. The van der Waals surface area contributed by atoms with Crippen molar-refractivity contribution in [3.8, 4) is 11.3 Å². The molecule has 2 atom stereocenters. The molecule has 4 heterocycles. The van der Waals surface area contributed by atoms with E-state index >= 15 is 4.39 Å². The van der Waals surface area contributed by atoms with Gasteiger partial charge in [-0.3, -0.25) is 0 Å². The van der Waals surface area contributed by atoms with Gasteiger partial charge in [-0.25, -0.2) is 4.39 Å². The van der Waals surface area contributed by atoms with E-state index in [1.165, 1.54) is 66.4 Å². The first kappa shape index (κ1) is 28.9. The van der Waals surface area contributed by atoms with Crippen LogP contribution in [0, 0.1) is 5.82 Å². The van der Waals surface area contributed by atoms with E-state index in [1.54, 1.807) is 6.07 Å². The summed E-state index contributed by atoms with van der Waals surface area (Å²) in [5, 5.41) is 5.25. The molecule has 1 aliphatic heterocycles. The SMILES string of the molecule is CCCCc1ccc2c3c4[n+](ccc13)C1(CC)c3c([n+]5ccccc5c5cc(N(C)C)ccc35)C1(CC)c1ccc(F)c(c1-4)C2(C)C. The fraction of sp³-hybridized carbons (Fsp3) is 0.349. The van der Waals surface area contributed by atoms with Crippen LogP contribution >= 0.6 is 0 Å². The zero-order chi connectivity index (χ0) is 32.6. The number of rotatable bonds is 6. The molecule has 236 valence electrons. The van der Waals surface area contributed by atoms with E-state index in [-0.39, 0.29) is 16.8 Å². The van der Waals surface area contributed by atoms with Crippen LogP contribution in [-0.4, -0.2) is 14.1 Å². The Labute approximate surface area is 277 Å². The molecule has 0 fully saturated rings. The van der Waals surface area contributed by atoms with E-state index in [4.69, 9.17) is 0 Å². The molecule has 3 aliphatic rings. The zero-order valence-corrected chi connectivity index (χ0v) is 28.8. The van der Waals surface area contributed by atoms with Gasteiger partial charge in [0.25, 0.3) is 0 Å². The molecular weight excluding hydrogens is 577 g/mol. The first-order valence-corrected chi connectivity index (χ1v) is 17.6.